The lowest BCUT2D eigenvalue weighted by Gasteiger charge is -2.07. The summed E-state index contributed by atoms with van der Waals surface area (Å²) in [5.74, 6) is -0.315. The summed E-state index contributed by atoms with van der Waals surface area (Å²) >= 11 is 5.97. The van der Waals surface area contributed by atoms with Gasteiger partial charge in [0.25, 0.3) is 0 Å². The van der Waals surface area contributed by atoms with Crippen LogP contribution in [0.3, 0.4) is 0 Å². The number of aromatic amines is 1. The molecule has 130 valence electrons. The number of aromatic nitrogens is 6. The second-order valence-corrected chi connectivity index (χ2v) is 5.72. The minimum atomic E-state index is -0.627. The van der Waals surface area contributed by atoms with Gasteiger partial charge in [0.2, 0.25) is 0 Å². The molecule has 0 spiro atoms. The van der Waals surface area contributed by atoms with E-state index in [0.717, 1.165) is 5.56 Å². The molecular formula is C16H11ClN6O3. The van der Waals surface area contributed by atoms with Gasteiger partial charge in [-0.2, -0.15) is 4.68 Å². The lowest BCUT2D eigenvalue weighted by atomic mass is 10.2. The van der Waals surface area contributed by atoms with Crippen LogP contribution in [0.25, 0.3) is 17.1 Å². The Balaban J connectivity index is 1.59. The third kappa shape index (κ3) is 3.33. The first kappa shape index (κ1) is 16.0. The molecule has 2 heterocycles. The first-order valence-electron chi connectivity index (χ1n) is 7.51. The highest BCUT2D eigenvalue weighted by Gasteiger charge is 2.12. The standard InChI is InChI=1S/C16H11ClN6O3/c17-12-5-1-3-10(7-12)9-25-15-19-21-22-23(15)13-6-2-4-11(8-13)14-18-16(24)26-20-14/h1-8H,9H2,(H,18,20,24). The van der Waals surface area contributed by atoms with E-state index in [1.165, 1.54) is 4.68 Å². The van der Waals surface area contributed by atoms with Gasteiger partial charge < -0.3 is 4.74 Å². The van der Waals surface area contributed by atoms with Crippen molar-refractivity contribution in [3.8, 4) is 23.1 Å². The summed E-state index contributed by atoms with van der Waals surface area (Å²) in [4.78, 5) is 13.6. The fraction of sp³-hybridized carbons (Fsp3) is 0.0625. The van der Waals surface area contributed by atoms with Crippen molar-refractivity contribution in [2.45, 2.75) is 6.61 Å². The molecule has 1 N–H and O–H groups in total. The van der Waals surface area contributed by atoms with Crippen LogP contribution in [0.15, 0.2) is 57.8 Å². The van der Waals surface area contributed by atoms with Crippen molar-refractivity contribution in [3.05, 3.63) is 69.7 Å². The van der Waals surface area contributed by atoms with E-state index in [9.17, 15) is 4.79 Å². The molecule has 0 saturated heterocycles. The van der Waals surface area contributed by atoms with Crippen molar-refractivity contribution in [2.24, 2.45) is 0 Å². The van der Waals surface area contributed by atoms with Gasteiger partial charge in [0, 0.05) is 10.6 Å². The predicted molar refractivity (Wildman–Crippen MR) is 91.1 cm³/mol. The molecule has 0 aliphatic heterocycles. The molecular weight excluding hydrogens is 360 g/mol. The zero-order valence-corrected chi connectivity index (χ0v) is 13.9. The molecule has 0 atom stereocenters. The monoisotopic (exact) mass is 370 g/mol. The number of H-pyrrole nitrogens is 1. The van der Waals surface area contributed by atoms with Crippen LogP contribution in [0.4, 0.5) is 0 Å². The fourth-order valence-corrected chi connectivity index (χ4v) is 2.56. The number of hydrogen-bond donors (Lipinski definition) is 1. The van der Waals surface area contributed by atoms with Crippen LogP contribution < -0.4 is 10.5 Å². The van der Waals surface area contributed by atoms with Crippen molar-refractivity contribution in [2.75, 3.05) is 0 Å². The van der Waals surface area contributed by atoms with E-state index < -0.39 is 5.76 Å². The van der Waals surface area contributed by atoms with Crippen molar-refractivity contribution < 1.29 is 9.26 Å². The summed E-state index contributed by atoms with van der Waals surface area (Å²) in [5.41, 5.74) is 2.17. The van der Waals surface area contributed by atoms with Gasteiger partial charge in [0.05, 0.1) is 5.69 Å². The topological polar surface area (TPSA) is 112 Å². The molecule has 0 aliphatic carbocycles. The first-order chi connectivity index (χ1) is 12.7. The Kier molecular flexibility index (Phi) is 4.20. The van der Waals surface area contributed by atoms with Crippen LogP contribution in [-0.2, 0) is 6.61 Å². The molecule has 0 fully saturated rings. The van der Waals surface area contributed by atoms with Crippen LogP contribution >= 0.6 is 11.6 Å². The maximum atomic E-state index is 11.1. The van der Waals surface area contributed by atoms with Gasteiger partial charge in [0.1, 0.15) is 6.61 Å². The van der Waals surface area contributed by atoms with E-state index in [-0.39, 0.29) is 12.6 Å². The smallest absolute Gasteiger partial charge is 0.439 e. The molecule has 0 amide bonds. The lowest BCUT2D eigenvalue weighted by molar-refractivity contribution is 0.273. The second-order valence-electron chi connectivity index (χ2n) is 5.29. The van der Waals surface area contributed by atoms with Crippen molar-refractivity contribution in [1.82, 2.24) is 30.3 Å². The van der Waals surface area contributed by atoms with Crippen molar-refractivity contribution in [3.63, 3.8) is 0 Å². The van der Waals surface area contributed by atoms with E-state index in [1.54, 1.807) is 36.4 Å². The van der Waals surface area contributed by atoms with Gasteiger partial charge in [-0.3, -0.25) is 9.51 Å². The number of halogens is 1. The van der Waals surface area contributed by atoms with Crippen LogP contribution in [0.5, 0.6) is 6.01 Å². The minimum Gasteiger partial charge on any atom is -0.457 e. The second kappa shape index (κ2) is 6.81. The third-order valence-electron chi connectivity index (χ3n) is 3.50. The molecule has 0 saturated carbocycles. The Labute approximate surface area is 151 Å². The maximum absolute atomic E-state index is 11.1. The SMILES string of the molecule is O=c1[nH]c(-c2cccc(-n3nnnc3OCc3cccc(Cl)c3)c2)no1. The molecule has 0 unspecified atom stereocenters. The Bertz CT molecular complexity index is 1100. The highest BCUT2D eigenvalue weighted by atomic mass is 35.5. The highest BCUT2D eigenvalue weighted by molar-refractivity contribution is 6.30. The van der Waals surface area contributed by atoms with E-state index in [4.69, 9.17) is 16.3 Å². The largest absolute Gasteiger partial charge is 0.457 e. The van der Waals surface area contributed by atoms with Crippen molar-refractivity contribution >= 4 is 11.6 Å². The maximum Gasteiger partial charge on any atom is 0.439 e. The van der Waals surface area contributed by atoms with E-state index in [1.807, 2.05) is 12.1 Å². The summed E-state index contributed by atoms with van der Waals surface area (Å²) < 4.78 is 11.7. The molecule has 0 bridgehead atoms. The molecule has 0 radical (unpaired) electrons. The van der Waals surface area contributed by atoms with Gasteiger partial charge in [-0.1, -0.05) is 46.1 Å². The van der Waals surface area contributed by atoms with Gasteiger partial charge >= 0.3 is 11.8 Å². The lowest BCUT2D eigenvalue weighted by Crippen LogP contribution is -2.04. The Morgan fingerprint density at radius 3 is 2.88 bits per heavy atom. The summed E-state index contributed by atoms with van der Waals surface area (Å²) in [5, 5.41) is 15.8. The fourth-order valence-electron chi connectivity index (χ4n) is 2.34. The summed E-state index contributed by atoms with van der Waals surface area (Å²) in [7, 11) is 0. The molecule has 10 heteroatoms. The Hall–Kier alpha value is -3.46. The number of ether oxygens (including phenoxy) is 1. The molecule has 4 aromatic rings. The summed E-state index contributed by atoms with van der Waals surface area (Å²) in [6.07, 6.45) is 0. The number of hydrogen-bond acceptors (Lipinski definition) is 7. The molecule has 26 heavy (non-hydrogen) atoms. The zero-order chi connectivity index (χ0) is 17.9. The van der Waals surface area contributed by atoms with Gasteiger partial charge in [0.15, 0.2) is 5.82 Å². The number of nitrogens with zero attached hydrogens (tertiary/aromatic N) is 5. The summed E-state index contributed by atoms with van der Waals surface area (Å²) in [6, 6.07) is 14.6. The van der Waals surface area contributed by atoms with Gasteiger partial charge in [-0.05, 0) is 40.3 Å². The molecule has 9 nitrogen and oxygen atoms in total. The minimum absolute atomic E-state index is 0.218. The average Bonchev–Trinajstić information content (AvgIpc) is 3.29. The normalized spacial score (nSPS) is 10.8. The van der Waals surface area contributed by atoms with E-state index in [2.05, 4.69) is 30.2 Å². The number of benzene rings is 2. The van der Waals surface area contributed by atoms with Crippen molar-refractivity contribution in [1.29, 1.82) is 0 Å². The average molecular weight is 371 g/mol. The first-order valence-corrected chi connectivity index (χ1v) is 7.89. The molecule has 4 rings (SSSR count). The van der Waals surface area contributed by atoms with E-state index in [0.29, 0.717) is 22.1 Å². The van der Waals surface area contributed by atoms with Crippen LogP contribution in [0.1, 0.15) is 5.56 Å². The summed E-state index contributed by atoms with van der Waals surface area (Å²) in [6.45, 7) is 0.261. The van der Waals surface area contributed by atoms with Crippen LogP contribution in [0.2, 0.25) is 5.02 Å². The molecule has 2 aromatic carbocycles. The van der Waals surface area contributed by atoms with E-state index >= 15 is 0 Å². The number of nitrogens with one attached hydrogen (secondary N) is 1. The molecule has 0 aliphatic rings. The quantitative estimate of drug-likeness (QED) is 0.573. The highest BCUT2D eigenvalue weighted by Crippen LogP contribution is 2.21. The molecule has 2 aromatic heterocycles. The third-order valence-corrected chi connectivity index (χ3v) is 3.74. The van der Waals surface area contributed by atoms with Crippen LogP contribution in [0, 0.1) is 0 Å². The van der Waals surface area contributed by atoms with Gasteiger partial charge in [-0.25, -0.2) is 4.79 Å². The Morgan fingerprint density at radius 2 is 2.08 bits per heavy atom. The predicted octanol–water partition coefficient (Wildman–Crippen LogP) is 2.24. The number of rotatable bonds is 5. The number of tetrazole rings is 1. The Morgan fingerprint density at radius 1 is 1.19 bits per heavy atom. The van der Waals surface area contributed by atoms with Gasteiger partial charge in [-0.15, -0.1) is 0 Å². The zero-order valence-electron chi connectivity index (χ0n) is 13.2. The van der Waals surface area contributed by atoms with Crippen LogP contribution in [-0.4, -0.2) is 30.3 Å².